The third-order valence-corrected chi connectivity index (χ3v) is 4.46. The predicted octanol–water partition coefficient (Wildman–Crippen LogP) is 2.23. The molecular weight excluding hydrogens is 285 g/mol. The van der Waals surface area contributed by atoms with Gasteiger partial charge in [0, 0.05) is 6.54 Å². The largest absolute Gasteiger partial charge is 0.390 e. The summed E-state index contributed by atoms with van der Waals surface area (Å²) < 4.78 is 37.5. The van der Waals surface area contributed by atoms with Crippen molar-refractivity contribution < 1.29 is 22.8 Å². The molecule has 0 bridgehead atoms. The van der Waals surface area contributed by atoms with Gasteiger partial charge in [-0.1, -0.05) is 13.3 Å². The fraction of sp³-hybridized carbons (Fsp3) is 0.857. The van der Waals surface area contributed by atoms with Gasteiger partial charge in [-0.05, 0) is 32.1 Å². The molecule has 4 nitrogen and oxygen atoms in total. The van der Waals surface area contributed by atoms with Gasteiger partial charge in [0.05, 0.1) is 6.42 Å². The van der Waals surface area contributed by atoms with Gasteiger partial charge in [-0.15, -0.1) is 0 Å². The Morgan fingerprint density at radius 2 is 1.95 bits per heavy atom. The Morgan fingerprint density at radius 3 is 2.43 bits per heavy atom. The van der Waals surface area contributed by atoms with Gasteiger partial charge < -0.3 is 10.2 Å². The number of piperazine rings is 1. The molecular formula is C14H21F3N2O2. The second kappa shape index (κ2) is 5.50. The summed E-state index contributed by atoms with van der Waals surface area (Å²) >= 11 is 0. The first-order valence-electron chi connectivity index (χ1n) is 7.39. The lowest BCUT2D eigenvalue weighted by atomic mass is 9.87. The molecule has 0 aromatic rings. The summed E-state index contributed by atoms with van der Waals surface area (Å²) in [5.74, 6) is -0.724. The van der Waals surface area contributed by atoms with Crippen molar-refractivity contribution in [2.75, 3.05) is 6.54 Å². The molecule has 1 N–H and O–H groups in total. The number of nitrogens with one attached hydrogen (secondary N) is 1. The smallest absolute Gasteiger partial charge is 0.342 e. The summed E-state index contributed by atoms with van der Waals surface area (Å²) in [7, 11) is 0. The molecule has 0 radical (unpaired) electrons. The van der Waals surface area contributed by atoms with Crippen molar-refractivity contribution in [1.82, 2.24) is 10.2 Å². The summed E-state index contributed by atoms with van der Waals surface area (Å²) in [6.45, 7) is 3.02. The summed E-state index contributed by atoms with van der Waals surface area (Å²) in [5.41, 5.74) is -1.13. The maximum atomic E-state index is 12.5. The third kappa shape index (κ3) is 3.16. The van der Waals surface area contributed by atoms with E-state index in [-0.39, 0.29) is 17.7 Å². The van der Waals surface area contributed by atoms with Gasteiger partial charge in [0.2, 0.25) is 11.8 Å². The van der Waals surface area contributed by atoms with Crippen LogP contribution >= 0.6 is 0 Å². The van der Waals surface area contributed by atoms with Crippen LogP contribution in [0.2, 0.25) is 0 Å². The van der Waals surface area contributed by atoms with E-state index in [0.717, 1.165) is 12.8 Å². The molecule has 1 heterocycles. The van der Waals surface area contributed by atoms with Gasteiger partial charge in [0.15, 0.2) is 0 Å². The molecule has 2 fully saturated rings. The molecule has 0 aromatic heterocycles. The van der Waals surface area contributed by atoms with Crippen molar-refractivity contribution in [1.29, 1.82) is 0 Å². The highest BCUT2D eigenvalue weighted by molar-refractivity contribution is 6.00. The topological polar surface area (TPSA) is 49.4 Å². The van der Waals surface area contributed by atoms with E-state index in [1.165, 1.54) is 4.90 Å². The molecule has 1 saturated heterocycles. The Hall–Kier alpha value is -1.27. The van der Waals surface area contributed by atoms with Crippen molar-refractivity contribution >= 4 is 11.8 Å². The molecule has 2 aliphatic rings. The lowest BCUT2D eigenvalue weighted by Gasteiger charge is -2.47. The molecule has 7 heteroatoms. The maximum absolute atomic E-state index is 12.5. The van der Waals surface area contributed by atoms with E-state index in [2.05, 4.69) is 5.32 Å². The number of hydrogen-bond acceptors (Lipinski definition) is 2. The Balaban J connectivity index is 2.22. The van der Waals surface area contributed by atoms with E-state index in [0.29, 0.717) is 12.8 Å². The summed E-state index contributed by atoms with van der Waals surface area (Å²) in [6.07, 6.45) is -2.72. The quantitative estimate of drug-likeness (QED) is 0.847. The van der Waals surface area contributed by atoms with Gasteiger partial charge in [0.25, 0.3) is 0 Å². The minimum absolute atomic E-state index is 0.0303. The molecule has 2 atom stereocenters. The number of alkyl halides is 3. The van der Waals surface area contributed by atoms with Crippen LogP contribution in [0.4, 0.5) is 13.2 Å². The average Bonchev–Trinajstić information content (AvgIpc) is 3.19. The number of rotatable bonds is 5. The van der Waals surface area contributed by atoms with Crippen LogP contribution in [0.5, 0.6) is 0 Å². The molecule has 1 aliphatic heterocycles. The minimum Gasteiger partial charge on any atom is -0.342 e. The van der Waals surface area contributed by atoms with E-state index in [9.17, 15) is 22.8 Å². The van der Waals surface area contributed by atoms with Crippen molar-refractivity contribution in [2.24, 2.45) is 5.92 Å². The molecule has 2 unspecified atom stereocenters. The van der Waals surface area contributed by atoms with Crippen LogP contribution in [0.3, 0.4) is 0 Å². The normalized spacial score (nSPS) is 30.5. The Kier molecular flexibility index (Phi) is 4.22. The lowest BCUT2D eigenvalue weighted by molar-refractivity contribution is -0.166. The molecule has 120 valence electrons. The molecule has 2 amide bonds. The zero-order chi connectivity index (χ0) is 15.8. The predicted molar refractivity (Wildman–Crippen MR) is 70.4 cm³/mol. The highest BCUT2D eigenvalue weighted by atomic mass is 19.4. The number of carbonyl (C=O) groups is 2. The van der Waals surface area contributed by atoms with E-state index < -0.39 is 30.7 Å². The molecule has 0 spiro atoms. The summed E-state index contributed by atoms with van der Waals surface area (Å²) in [6, 6.07) is -0.692. The Bertz CT molecular complexity index is 434. The lowest BCUT2D eigenvalue weighted by Crippen LogP contribution is -2.70. The average molecular weight is 306 g/mol. The zero-order valence-corrected chi connectivity index (χ0v) is 12.3. The van der Waals surface area contributed by atoms with Gasteiger partial charge in [-0.3, -0.25) is 9.59 Å². The Morgan fingerprint density at radius 1 is 1.33 bits per heavy atom. The number of amides is 2. The first-order chi connectivity index (χ1) is 9.70. The molecule has 1 aliphatic carbocycles. The SMILES string of the molecule is CCCC1NC(=O)C(C)(C2CC2)N(CCC(F)(F)F)C1=O. The highest BCUT2D eigenvalue weighted by Gasteiger charge is 2.57. The van der Waals surface area contributed by atoms with Gasteiger partial charge in [0.1, 0.15) is 11.6 Å². The summed E-state index contributed by atoms with van der Waals surface area (Å²) in [5, 5.41) is 2.69. The van der Waals surface area contributed by atoms with Crippen molar-refractivity contribution in [2.45, 2.75) is 63.7 Å². The second-order valence-corrected chi connectivity index (χ2v) is 6.09. The van der Waals surface area contributed by atoms with E-state index in [4.69, 9.17) is 0 Å². The van der Waals surface area contributed by atoms with Crippen LogP contribution in [-0.4, -0.2) is 41.0 Å². The maximum Gasteiger partial charge on any atom is 0.390 e. The molecule has 0 aromatic carbocycles. The van der Waals surface area contributed by atoms with Crippen LogP contribution < -0.4 is 5.32 Å². The van der Waals surface area contributed by atoms with E-state index in [1.807, 2.05) is 6.92 Å². The number of halogens is 3. The van der Waals surface area contributed by atoms with Gasteiger partial charge in [-0.2, -0.15) is 13.2 Å². The number of nitrogens with zero attached hydrogens (tertiary/aromatic N) is 1. The fourth-order valence-electron chi connectivity index (χ4n) is 3.02. The standard InChI is InChI=1S/C14H21F3N2O2/c1-3-4-10-11(20)19(8-7-14(15,16)17)13(2,9-5-6-9)12(21)18-10/h9-10H,3-8H2,1-2H3,(H,18,21). The van der Waals surface area contributed by atoms with Crippen LogP contribution in [0, 0.1) is 5.92 Å². The first-order valence-corrected chi connectivity index (χ1v) is 7.39. The monoisotopic (exact) mass is 306 g/mol. The number of hydrogen-bond donors (Lipinski definition) is 1. The van der Waals surface area contributed by atoms with Crippen LogP contribution in [-0.2, 0) is 9.59 Å². The summed E-state index contributed by atoms with van der Waals surface area (Å²) in [4.78, 5) is 26.0. The fourth-order valence-corrected chi connectivity index (χ4v) is 3.02. The highest BCUT2D eigenvalue weighted by Crippen LogP contribution is 2.45. The van der Waals surface area contributed by atoms with Crippen molar-refractivity contribution in [3.63, 3.8) is 0 Å². The molecule has 21 heavy (non-hydrogen) atoms. The van der Waals surface area contributed by atoms with E-state index in [1.54, 1.807) is 6.92 Å². The second-order valence-electron chi connectivity index (χ2n) is 6.09. The zero-order valence-electron chi connectivity index (χ0n) is 12.3. The van der Waals surface area contributed by atoms with Gasteiger partial charge in [-0.25, -0.2) is 0 Å². The van der Waals surface area contributed by atoms with Crippen LogP contribution in [0.15, 0.2) is 0 Å². The van der Waals surface area contributed by atoms with E-state index >= 15 is 0 Å². The minimum atomic E-state index is -4.33. The molecule has 1 saturated carbocycles. The van der Waals surface area contributed by atoms with Crippen molar-refractivity contribution in [3.05, 3.63) is 0 Å². The van der Waals surface area contributed by atoms with Crippen LogP contribution in [0.25, 0.3) is 0 Å². The number of carbonyl (C=O) groups excluding carboxylic acids is 2. The first kappa shape index (κ1) is 16.1. The van der Waals surface area contributed by atoms with Crippen molar-refractivity contribution in [3.8, 4) is 0 Å². The third-order valence-electron chi connectivity index (χ3n) is 4.46. The van der Waals surface area contributed by atoms with Gasteiger partial charge >= 0.3 is 6.18 Å². The Labute approximate surface area is 122 Å². The molecule has 2 rings (SSSR count). The van der Waals surface area contributed by atoms with Crippen LogP contribution in [0.1, 0.15) is 46.0 Å².